The Labute approximate surface area is 171 Å². The van der Waals surface area contributed by atoms with Gasteiger partial charge in [-0.3, -0.25) is 4.90 Å². The van der Waals surface area contributed by atoms with Crippen molar-refractivity contribution in [2.75, 3.05) is 33.2 Å². The predicted octanol–water partition coefficient (Wildman–Crippen LogP) is 4.39. The van der Waals surface area contributed by atoms with Gasteiger partial charge >= 0.3 is 6.36 Å². The number of benzene rings is 1. The topological polar surface area (TPSA) is 35.9 Å². The second-order valence-electron chi connectivity index (χ2n) is 8.64. The highest BCUT2D eigenvalue weighted by atomic mass is 19.4. The van der Waals surface area contributed by atoms with Crippen molar-refractivity contribution in [1.82, 2.24) is 9.80 Å². The molecule has 0 bridgehead atoms. The second-order valence-corrected chi connectivity index (χ2v) is 8.64. The zero-order valence-electron chi connectivity index (χ0n) is 17.4. The van der Waals surface area contributed by atoms with Crippen LogP contribution in [-0.2, 0) is 0 Å². The maximum absolute atomic E-state index is 12.7. The van der Waals surface area contributed by atoms with Gasteiger partial charge in [0.05, 0.1) is 5.60 Å². The van der Waals surface area contributed by atoms with Gasteiger partial charge in [0.15, 0.2) is 0 Å². The minimum Gasteiger partial charge on any atom is -0.406 e. The number of piperazine rings is 1. The average Bonchev–Trinajstić information content (AvgIpc) is 2.66. The van der Waals surface area contributed by atoms with E-state index in [0.717, 1.165) is 50.9 Å². The standard InChI is InChI=1S/C22H33F3N2O2/c1-3-18-15-27(13-12-26(18)2)16-20(21(28)10-5-4-6-11-21)17-8-7-9-19(14-17)29-22(23,24)25/h7-9,14,18,20,28H,3-6,10-13,15-16H2,1-2H3/t18-,20+/m0/s1. The van der Waals surface area contributed by atoms with E-state index in [0.29, 0.717) is 25.4 Å². The number of halogens is 3. The number of ether oxygens (including phenoxy) is 1. The van der Waals surface area contributed by atoms with Crippen molar-refractivity contribution >= 4 is 0 Å². The highest BCUT2D eigenvalue weighted by Gasteiger charge is 2.41. The summed E-state index contributed by atoms with van der Waals surface area (Å²) < 4.78 is 42.3. The van der Waals surface area contributed by atoms with Gasteiger partial charge in [0, 0.05) is 38.1 Å². The Morgan fingerprint density at radius 1 is 1.21 bits per heavy atom. The predicted molar refractivity (Wildman–Crippen MR) is 107 cm³/mol. The highest BCUT2D eigenvalue weighted by Crippen LogP contribution is 2.41. The van der Waals surface area contributed by atoms with Crippen LogP contribution in [0, 0.1) is 0 Å². The van der Waals surface area contributed by atoms with E-state index in [1.807, 2.05) is 6.07 Å². The molecule has 1 saturated heterocycles. The molecular formula is C22H33F3N2O2. The van der Waals surface area contributed by atoms with Crippen molar-refractivity contribution in [1.29, 1.82) is 0 Å². The summed E-state index contributed by atoms with van der Waals surface area (Å²) >= 11 is 0. The van der Waals surface area contributed by atoms with Gasteiger partial charge in [0.1, 0.15) is 5.75 Å². The summed E-state index contributed by atoms with van der Waals surface area (Å²) in [5, 5.41) is 11.5. The van der Waals surface area contributed by atoms with Crippen LogP contribution >= 0.6 is 0 Å². The van der Waals surface area contributed by atoms with Crippen molar-refractivity contribution in [2.45, 2.75) is 69.4 Å². The first-order valence-electron chi connectivity index (χ1n) is 10.7. The molecule has 1 saturated carbocycles. The Kier molecular flexibility index (Phi) is 7.12. The first-order chi connectivity index (χ1) is 13.7. The third-order valence-corrected chi connectivity index (χ3v) is 6.64. The first kappa shape index (κ1) is 22.4. The number of rotatable bonds is 6. The minimum atomic E-state index is -4.72. The molecule has 0 radical (unpaired) electrons. The van der Waals surface area contributed by atoms with E-state index in [4.69, 9.17) is 0 Å². The molecule has 1 heterocycles. The lowest BCUT2D eigenvalue weighted by molar-refractivity contribution is -0.274. The molecule has 1 aromatic rings. The SMILES string of the molecule is CC[C@H]1CN(C[C@H](c2cccc(OC(F)(F)F)c2)C2(O)CCCCC2)CCN1C. The zero-order valence-corrected chi connectivity index (χ0v) is 17.4. The Morgan fingerprint density at radius 3 is 2.59 bits per heavy atom. The van der Waals surface area contributed by atoms with Crippen LogP contribution in [0.2, 0.25) is 0 Å². The van der Waals surface area contributed by atoms with Crippen LogP contribution < -0.4 is 4.74 Å². The monoisotopic (exact) mass is 414 g/mol. The van der Waals surface area contributed by atoms with E-state index in [1.54, 1.807) is 6.07 Å². The fourth-order valence-corrected chi connectivity index (χ4v) is 4.90. The maximum Gasteiger partial charge on any atom is 0.573 e. The summed E-state index contributed by atoms with van der Waals surface area (Å²) in [7, 11) is 2.13. The molecule has 3 rings (SSSR count). The molecular weight excluding hydrogens is 381 g/mol. The third kappa shape index (κ3) is 5.86. The van der Waals surface area contributed by atoms with Crippen LogP contribution in [0.3, 0.4) is 0 Å². The van der Waals surface area contributed by atoms with Crippen LogP contribution in [0.5, 0.6) is 5.75 Å². The molecule has 1 aliphatic carbocycles. The summed E-state index contributed by atoms with van der Waals surface area (Å²) in [6.45, 7) is 5.60. The number of aliphatic hydroxyl groups is 1. The Balaban J connectivity index is 1.85. The van der Waals surface area contributed by atoms with Gasteiger partial charge in [-0.2, -0.15) is 0 Å². The molecule has 2 fully saturated rings. The summed E-state index contributed by atoms with van der Waals surface area (Å²) in [6.07, 6.45) is 0.704. The van der Waals surface area contributed by atoms with E-state index in [-0.39, 0.29) is 11.7 Å². The minimum absolute atomic E-state index is 0.218. The van der Waals surface area contributed by atoms with Gasteiger partial charge < -0.3 is 14.7 Å². The number of hydrogen-bond acceptors (Lipinski definition) is 4. The van der Waals surface area contributed by atoms with Crippen molar-refractivity contribution in [2.24, 2.45) is 0 Å². The summed E-state index contributed by atoms with van der Waals surface area (Å²) in [5.41, 5.74) is -0.164. The van der Waals surface area contributed by atoms with Gasteiger partial charge in [0.25, 0.3) is 0 Å². The van der Waals surface area contributed by atoms with E-state index < -0.39 is 12.0 Å². The van der Waals surface area contributed by atoms with E-state index in [9.17, 15) is 18.3 Å². The molecule has 1 N–H and O–H groups in total. The Bertz CT molecular complexity index is 662. The fourth-order valence-electron chi connectivity index (χ4n) is 4.90. The van der Waals surface area contributed by atoms with Crippen molar-refractivity contribution in [3.63, 3.8) is 0 Å². The van der Waals surface area contributed by atoms with Crippen LogP contribution in [0.1, 0.15) is 56.9 Å². The van der Waals surface area contributed by atoms with Gasteiger partial charge in [-0.25, -0.2) is 0 Å². The molecule has 0 spiro atoms. The van der Waals surface area contributed by atoms with Gasteiger partial charge in [-0.15, -0.1) is 13.2 Å². The number of likely N-dealkylation sites (N-methyl/N-ethyl adjacent to an activating group) is 1. The van der Waals surface area contributed by atoms with E-state index >= 15 is 0 Å². The van der Waals surface area contributed by atoms with Crippen LogP contribution in [0.15, 0.2) is 24.3 Å². The summed E-state index contributed by atoms with van der Waals surface area (Å²) in [4.78, 5) is 4.72. The molecule has 1 aromatic carbocycles. The lowest BCUT2D eigenvalue weighted by Crippen LogP contribution is -2.54. The van der Waals surface area contributed by atoms with Gasteiger partial charge in [-0.05, 0) is 44.0 Å². The average molecular weight is 415 g/mol. The zero-order chi connectivity index (χ0) is 21.1. The normalized spacial score (nSPS) is 25.0. The largest absolute Gasteiger partial charge is 0.573 e. The molecule has 2 aliphatic rings. The molecule has 2 atom stereocenters. The maximum atomic E-state index is 12.7. The summed E-state index contributed by atoms with van der Waals surface area (Å²) in [6, 6.07) is 6.66. The molecule has 1 aliphatic heterocycles. The van der Waals surface area contributed by atoms with Crippen molar-refractivity contribution < 1.29 is 23.0 Å². The fraction of sp³-hybridized carbons (Fsp3) is 0.727. The molecule has 4 nitrogen and oxygen atoms in total. The third-order valence-electron chi connectivity index (χ3n) is 6.64. The van der Waals surface area contributed by atoms with E-state index in [2.05, 4.69) is 28.5 Å². The molecule has 164 valence electrons. The van der Waals surface area contributed by atoms with Gasteiger partial charge in [-0.1, -0.05) is 38.3 Å². The number of hydrogen-bond donors (Lipinski definition) is 1. The Hall–Kier alpha value is -1.31. The number of alkyl halides is 3. The molecule has 0 unspecified atom stereocenters. The first-order valence-corrected chi connectivity index (χ1v) is 10.7. The molecule has 29 heavy (non-hydrogen) atoms. The molecule has 0 amide bonds. The lowest BCUT2D eigenvalue weighted by Gasteiger charge is -2.45. The Morgan fingerprint density at radius 2 is 1.93 bits per heavy atom. The summed E-state index contributed by atoms with van der Waals surface area (Å²) in [5.74, 6) is -0.454. The van der Waals surface area contributed by atoms with Crippen LogP contribution in [-0.4, -0.2) is 66.1 Å². The van der Waals surface area contributed by atoms with Crippen molar-refractivity contribution in [3.8, 4) is 5.75 Å². The molecule has 7 heteroatoms. The second kappa shape index (κ2) is 9.23. The quantitative estimate of drug-likeness (QED) is 0.749. The molecule has 0 aromatic heterocycles. The number of nitrogens with zero attached hydrogens (tertiary/aromatic N) is 2. The van der Waals surface area contributed by atoms with Crippen LogP contribution in [0.4, 0.5) is 13.2 Å². The lowest BCUT2D eigenvalue weighted by atomic mass is 9.72. The van der Waals surface area contributed by atoms with Crippen LogP contribution in [0.25, 0.3) is 0 Å². The highest BCUT2D eigenvalue weighted by molar-refractivity contribution is 5.33. The van der Waals surface area contributed by atoms with E-state index in [1.165, 1.54) is 12.1 Å². The van der Waals surface area contributed by atoms with Gasteiger partial charge in [0.2, 0.25) is 0 Å². The van der Waals surface area contributed by atoms with Crippen molar-refractivity contribution in [3.05, 3.63) is 29.8 Å². The smallest absolute Gasteiger partial charge is 0.406 e.